The van der Waals surface area contributed by atoms with Gasteiger partial charge in [-0.2, -0.15) is 0 Å². The molecule has 0 saturated heterocycles. The molecular formula is C13H11O3. The highest BCUT2D eigenvalue weighted by Gasteiger charge is 2.11. The van der Waals surface area contributed by atoms with Gasteiger partial charge < -0.3 is 10.2 Å². The Morgan fingerprint density at radius 1 is 0.688 bits per heavy atom. The highest BCUT2D eigenvalue weighted by molar-refractivity contribution is 5.35. The summed E-state index contributed by atoms with van der Waals surface area (Å²) in [6.07, 6.45) is -0.999. The van der Waals surface area contributed by atoms with Crippen LogP contribution in [0.1, 0.15) is 17.2 Å². The van der Waals surface area contributed by atoms with Crippen molar-refractivity contribution < 1.29 is 15.3 Å². The molecule has 3 heteroatoms. The summed E-state index contributed by atoms with van der Waals surface area (Å²) in [5.74, 6) is 0.281. The maximum Gasteiger partial charge on any atom is 0.143 e. The molecule has 0 aliphatic carbocycles. The van der Waals surface area contributed by atoms with Gasteiger partial charge in [0.15, 0.2) is 0 Å². The molecule has 0 atom stereocenters. The summed E-state index contributed by atoms with van der Waals surface area (Å²) in [7, 11) is 0. The molecule has 1 radical (unpaired) electrons. The lowest BCUT2D eigenvalue weighted by molar-refractivity contribution is 0.124. The molecule has 0 aliphatic rings. The summed E-state index contributed by atoms with van der Waals surface area (Å²) in [5, 5.41) is 30.2. The molecule has 2 aromatic rings. The normalized spacial score (nSPS) is 10.6. The minimum atomic E-state index is -0.999. The largest absolute Gasteiger partial charge is 0.508 e. The molecule has 0 aliphatic heterocycles. The number of aromatic hydroxyl groups is 2. The van der Waals surface area contributed by atoms with Crippen molar-refractivity contribution in [1.29, 1.82) is 0 Å². The Balaban J connectivity index is 2.28. The SMILES string of the molecule is [O]C(c1ccc(O)cc1)c1ccc(O)cc1. The van der Waals surface area contributed by atoms with Crippen LogP contribution in [0.4, 0.5) is 0 Å². The lowest BCUT2D eigenvalue weighted by Gasteiger charge is -2.09. The van der Waals surface area contributed by atoms with Gasteiger partial charge in [0.25, 0.3) is 0 Å². The van der Waals surface area contributed by atoms with E-state index in [-0.39, 0.29) is 11.5 Å². The Bertz CT molecular complexity index is 414. The van der Waals surface area contributed by atoms with Crippen molar-refractivity contribution >= 4 is 0 Å². The van der Waals surface area contributed by atoms with E-state index in [9.17, 15) is 5.11 Å². The summed E-state index contributed by atoms with van der Waals surface area (Å²) in [6.45, 7) is 0. The third kappa shape index (κ3) is 2.15. The van der Waals surface area contributed by atoms with E-state index >= 15 is 0 Å². The number of rotatable bonds is 2. The fourth-order valence-electron chi connectivity index (χ4n) is 1.49. The summed E-state index contributed by atoms with van der Waals surface area (Å²) in [6, 6.07) is 12.3. The predicted octanol–water partition coefficient (Wildman–Crippen LogP) is 2.62. The lowest BCUT2D eigenvalue weighted by atomic mass is 10.0. The molecule has 2 N–H and O–H groups in total. The molecule has 0 saturated carbocycles. The number of benzene rings is 2. The smallest absolute Gasteiger partial charge is 0.143 e. The molecule has 0 aromatic heterocycles. The Labute approximate surface area is 93.2 Å². The van der Waals surface area contributed by atoms with Crippen molar-refractivity contribution in [2.45, 2.75) is 6.10 Å². The monoisotopic (exact) mass is 215 g/mol. The van der Waals surface area contributed by atoms with Gasteiger partial charge in [0.2, 0.25) is 0 Å². The van der Waals surface area contributed by atoms with Crippen LogP contribution in [0.15, 0.2) is 48.5 Å². The van der Waals surface area contributed by atoms with Gasteiger partial charge in [-0.05, 0) is 35.4 Å². The molecule has 81 valence electrons. The molecule has 0 bridgehead atoms. The van der Waals surface area contributed by atoms with Crippen molar-refractivity contribution in [3.05, 3.63) is 59.7 Å². The average molecular weight is 215 g/mol. The van der Waals surface area contributed by atoms with Gasteiger partial charge in [-0.15, -0.1) is 0 Å². The van der Waals surface area contributed by atoms with Gasteiger partial charge in [-0.3, -0.25) is 0 Å². The molecule has 2 aromatic carbocycles. The van der Waals surface area contributed by atoms with Gasteiger partial charge in [0.05, 0.1) is 0 Å². The van der Waals surface area contributed by atoms with E-state index in [1.54, 1.807) is 24.3 Å². The van der Waals surface area contributed by atoms with E-state index in [0.29, 0.717) is 11.1 Å². The third-order valence-corrected chi connectivity index (χ3v) is 2.39. The van der Waals surface area contributed by atoms with Crippen molar-refractivity contribution in [3.8, 4) is 11.5 Å². The number of hydrogen-bond donors (Lipinski definition) is 2. The third-order valence-electron chi connectivity index (χ3n) is 2.39. The first-order chi connectivity index (χ1) is 7.66. The molecule has 16 heavy (non-hydrogen) atoms. The van der Waals surface area contributed by atoms with Crippen LogP contribution in [0.3, 0.4) is 0 Å². The first kappa shape index (κ1) is 10.5. The minimum absolute atomic E-state index is 0.140. The van der Waals surface area contributed by atoms with Crippen LogP contribution in [-0.4, -0.2) is 10.2 Å². The van der Waals surface area contributed by atoms with Gasteiger partial charge in [0.1, 0.15) is 17.6 Å². The van der Waals surface area contributed by atoms with Crippen molar-refractivity contribution in [3.63, 3.8) is 0 Å². The van der Waals surface area contributed by atoms with E-state index in [4.69, 9.17) is 10.2 Å². The van der Waals surface area contributed by atoms with Gasteiger partial charge in [0, 0.05) is 0 Å². The molecular weight excluding hydrogens is 204 g/mol. The second kappa shape index (κ2) is 4.24. The topological polar surface area (TPSA) is 60.4 Å². The van der Waals surface area contributed by atoms with Crippen LogP contribution in [0.5, 0.6) is 11.5 Å². The lowest BCUT2D eigenvalue weighted by Crippen LogP contribution is -1.96. The van der Waals surface area contributed by atoms with E-state index < -0.39 is 6.10 Å². The number of phenols is 2. The summed E-state index contributed by atoms with van der Waals surface area (Å²) in [5.41, 5.74) is 1.17. The quantitative estimate of drug-likeness (QED) is 0.808. The molecule has 2 rings (SSSR count). The van der Waals surface area contributed by atoms with Crippen LogP contribution in [0.2, 0.25) is 0 Å². The summed E-state index contributed by atoms with van der Waals surface area (Å²) in [4.78, 5) is 0. The minimum Gasteiger partial charge on any atom is -0.508 e. The van der Waals surface area contributed by atoms with Crippen LogP contribution in [0.25, 0.3) is 0 Å². The molecule has 0 fully saturated rings. The first-order valence-electron chi connectivity index (χ1n) is 4.90. The van der Waals surface area contributed by atoms with Gasteiger partial charge >= 0.3 is 0 Å². The molecule has 0 amide bonds. The Morgan fingerprint density at radius 3 is 1.31 bits per heavy atom. The zero-order valence-electron chi connectivity index (χ0n) is 8.50. The van der Waals surface area contributed by atoms with Crippen molar-refractivity contribution in [2.24, 2.45) is 0 Å². The molecule has 3 nitrogen and oxygen atoms in total. The Hall–Kier alpha value is -2.00. The zero-order chi connectivity index (χ0) is 11.5. The number of phenolic OH excluding ortho intramolecular Hbond substituents is 2. The highest BCUT2D eigenvalue weighted by Crippen LogP contribution is 2.25. The molecule has 0 unspecified atom stereocenters. The first-order valence-corrected chi connectivity index (χ1v) is 4.90. The zero-order valence-corrected chi connectivity index (χ0v) is 8.50. The van der Waals surface area contributed by atoms with E-state index in [1.165, 1.54) is 24.3 Å². The maximum absolute atomic E-state index is 12.0. The summed E-state index contributed by atoms with van der Waals surface area (Å²) < 4.78 is 0. The second-order valence-corrected chi connectivity index (χ2v) is 3.56. The van der Waals surface area contributed by atoms with Crippen molar-refractivity contribution in [1.82, 2.24) is 0 Å². The van der Waals surface area contributed by atoms with Gasteiger partial charge in [-0.25, -0.2) is 5.11 Å². The Kier molecular flexibility index (Phi) is 2.79. The second-order valence-electron chi connectivity index (χ2n) is 3.56. The van der Waals surface area contributed by atoms with E-state index in [1.807, 2.05) is 0 Å². The van der Waals surface area contributed by atoms with Crippen LogP contribution in [0, 0.1) is 0 Å². The fraction of sp³-hybridized carbons (Fsp3) is 0.0769. The summed E-state index contributed by atoms with van der Waals surface area (Å²) >= 11 is 0. The van der Waals surface area contributed by atoms with E-state index in [2.05, 4.69) is 0 Å². The molecule has 0 spiro atoms. The number of hydrogen-bond acceptors (Lipinski definition) is 2. The van der Waals surface area contributed by atoms with Crippen LogP contribution < -0.4 is 0 Å². The predicted molar refractivity (Wildman–Crippen MR) is 58.7 cm³/mol. The molecule has 0 heterocycles. The van der Waals surface area contributed by atoms with Crippen LogP contribution in [-0.2, 0) is 5.11 Å². The van der Waals surface area contributed by atoms with E-state index in [0.717, 1.165) is 0 Å². The Morgan fingerprint density at radius 2 is 1.00 bits per heavy atom. The fourth-order valence-corrected chi connectivity index (χ4v) is 1.49. The van der Waals surface area contributed by atoms with Gasteiger partial charge in [-0.1, -0.05) is 24.3 Å². The van der Waals surface area contributed by atoms with Crippen LogP contribution >= 0.6 is 0 Å². The highest BCUT2D eigenvalue weighted by atomic mass is 16.3. The standard InChI is InChI=1S/C13H11O3/c14-11-5-1-9(2-6-11)13(16)10-3-7-12(15)8-4-10/h1-8,13-15H. The maximum atomic E-state index is 12.0. The van der Waals surface area contributed by atoms with Crippen molar-refractivity contribution in [2.75, 3.05) is 0 Å². The average Bonchev–Trinajstić information content (AvgIpc) is 2.30.